The normalized spacial score (nSPS) is 24.3. The van der Waals surface area contributed by atoms with E-state index < -0.39 is 0 Å². The lowest BCUT2D eigenvalue weighted by atomic mass is 9.97. The molecule has 2 fully saturated rings. The molecule has 1 aliphatic heterocycles. The number of hydrogen-bond acceptors (Lipinski definition) is 3. The number of rotatable bonds is 7. The van der Waals surface area contributed by atoms with Crippen LogP contribution in [0, 0.1) is 5.92 Å². The van der Waals surface area contributed by atoms with E-state index in [9.17, 15) is 4.79 Å². The number of amides is 1. The minimum absolute atomic E-state index is 0. The van der Waals surface area contributed by atoms with E-state index in [-0.39, 0.29) is 24.4 Å². The Labute approximate surface area is 135 Å². The van der Waals surface area contributed by atoms with Gasteiger partial charge in [0, 0.05) is 6.54 Å². The second-order valence-electron chi connectivity index (χ2n) is 6.23. The van der Waals surface area contributed by atoms with Crippen LogP contribution < -0.4 is 10.6 Å². The van der Waals surface area contributed by atoms with Crippen LogP contribution in [0.15, 0.2) is 0 Å². The van der Waals surface area contributed by atoms with E-state index in [0.717, 1.165) is 51.2 Å². The predicted octanol–water partition coefficient (Wildman–Crippen LogP) is 2.65. The first-order chi connectivity index (χ1) is 9.79. The number of hydrogen-bond donors (Lipinski definition) is 2. The second kappa shape index (κ2) is 10.4. The molecule has 2 N–H and O–H groups in total. The fourth-order valence-corrected chi connectivity index (χ4v) is 3.25. The first-order valence-electron chi connectivity index (χ1n) is 8.43. The smallest absolute Gasteiger partial charge is 0.249 e. The lowest BCUT2D eigenvalue weighted by Crippen LogP contribution is -2.39. The Bertz CT molecular complexity index is 290. The Kier molecular flexibility index (Phi) is 9.29. The third kappa shape index (κ3) is 6.54. The molecule has 1 saturated heterocycles. The van der Waals surface area contributed by atoms with Crippen molar-refractivity contribution in [3.05, 3.63) is 0 Å². The molecule has 1 saturated carbocycles. The molecular formula is C16H31ClN2O2. The molecule has 0 radical (unpaired) electrons. The van der Waals surface area contributed by atoms with Gasteiger partial charge >= 0.3 is 0 Å². The Balaban J connectivity index is 0.00000220. The van der Waals surface area contributed by atoms with Gasteiger partial charge in [0.05, 0.1) is 6.10 Å². The van der Waals surface area contributed by atoms with Crippen molar-refractivity contribution in [2.45, 2.75) is 70.5 Å². The van der Waals surface area contributed by atoms with Crippen molar-refractivity contribution in [1.29, 1.82) is 0 Å². The van der Waals surface area contributed by atoms with E-state index in [2.05, 4.69) is 10.6 Å². The van der Waals surface area contributed by atoms with Gasteiger partial charge < -0.3 is 15.4 Å². The summed E-state index contributed by atoms with van der Waals surface area (Å²) in [6.07, 6.45) is 9.21. The van der Waals surface area contributed by atoms with Gasteiger partial charge in [-0.2, -0.15) is 0 Å². The molecule has 0 aromatic carbocycles. The van der Waals surface area contributed by atoms with Gasteiger partial charge in [0.15, 0.2) is 0 Å². The summed E-state index contributed by atoms with van der Waals surface area (Å²) in [5.41, 5.74) is 0. The molecule has 2 rings (SSSR count). The third-order valence-electron chi connectivity index (χ3n) is 4.59. The van der Waals surface area contributed by atoms with Crippen molar-refractivity contribution >= 4 is 18.3 Å². The standard InChI is InChI=1S/C16H30N2O2.ClH/c1-2-15(20-14-6-4-3-5-7-14)16(19)18-11-9-13-8-10-17-12-13;/h13-15,17H,2-12H2,1H3,(H,18,19);1H. The quantitative estimate of drug-likeness (QED) is 0.758. The molecule has 0 bridgehead atoms. The van der Waals surface area contributed by atoms with E-state index >= 15 is 0 Å². The second-order valence-corrected chi connectivity index (χ2v) is 6.23. The van der Waals surface area contributed by atoms with E-state index in [4.69, 9.17) is 4.74 Å². The van der Waals surface area contributed by atoms with Crippen LogP contribution in [0.3, 0.4) is 0 Å². The zero-order valence-corrected chi connectivity index (χ0v) is 14.1. The summed E-state index contributed by atoms with van der Waals surface area (Å²) >= 11 is 0. The van der Waals surface area contributed by atoms with E-state index in [1.807, 2.05) is 6.92 Å². The lowest BCUT2D eigenvalue weighted by Gasteiger charge is -2.26. The molecule has 2 atom stereocenters. The monoisotopic (exact) mass is 318 g/mol. The van der Waals surface area contributed by atoms with Gasteiger partial charge in [-0.3, -0.25) is 4.79 Å². The van der Waals surface area contributed by atoms with Crippen LogP contribution in [0.5, 0.6) is 0 Å². The van der Waals surface area contributed by atoms with Gasteiger partial charge in [0.25, 0.3) is 0 Å². The molecule has 0 aromatic heterocycles. The molecule has 2 aliphatic rings. The summed E-state index contributed by atoms with van der Waals surface area (Å²) in [7, 11) is 0. The zero-order chi connectivity index (χ0) is 14.2. The fraction of sp³-hybridized carbons (Fsp3) is 0.938. The van der Waals surface area contributed by atoms with Crippen molar-refractivity contribution in [2.24, 2.45) is 5.92 Å². The van der Waals surface area contributed by atoms with Crippen LogP contribution in [-0.2, 0) is 9.53 Å². The molecule has 124 valence electrons. The summed E-state index contributed by atoms with van der Waals surface area (Å²) < 4.78 is 6.00. The molecule has 0 aromatic rings. The number of carbonyl (C=O) groups excluding carboxylic acids is 1. The molecule has 5 heteroatoms. The largest absolute Gasteiger partial charge is 0.365 e. The summed E-state index contributed by atoms with van der Waals surface area (Å²) in [4.78, 5) is 12.2. The molecule has 1 heterocycles. The van der Waals surface area contributed by atoms with E-state index in [1.54, 1.807) is 0 Å². The predicted molar refractivity (Wildman–Crippen MR) is 87.9 cm³/mol. The molecule has 21 heavy (non-hydrogen) atoms. The van der Waals surface area contributed by atoms with Crippen LogP contribution in [0.2, 0.25) is 0 Å². The van der Waals surface area contributed by atoms with Gasteiger partial charge in [-0.1, -0.05) is 26.2 Å². The summed E-state index contributed by atoms with van der Waals surface area (Å²) in [6.45, 7) is 5.05. The van der Waals surface area contributed by atoms with Crippen molar-refractivity contribution in [1.82, 2.24) is 10.6 Å². The van der Waals surface area contributed by atoms with Crippen LogP contribution in [0.1, 0.15) is 58.3 Å². The van der Waals surface area contributed by atoms with Gasteiger partial charge in [0.2, 0.25) is 5.91 Å². The van der Waals surface area contributed by atoms with Crippen molar-refractivity contribution in [3.8, 4) is 0 Å². The van der Waals surface area contributed by atoms with Gasteiger partial charge in [0.1, 0.15) is 6.10 Å². The van der Waals surface area contributed by atoms with Gasteiger partial charge in [-0.15, -0.1) is 12.4 Å². The fourth-order valence-electron chi connectivity index (χ4n) is 3.25. The van der Waals surface area contributed by atoms with Crippen molar-refractivity contribution in [2.75, 3.05) is 19.6 Å². The highest BCUT2D eigenvalue weighted by Crippen LogP contribution is 2.22. The number of carbonyl (C=O) groups is 1. The number of halogens is 1. The Hall–Kier alpha value is -0.320. The lowest BCUT2D eigenvalue weighted by molar-refractivity contribution is -0.138. The Morgan fingerprint density at radius 1 is 1.29 bits per heavy atom. The van der Waals surface area contributed by atoms with Crippen molar-refractivity contribution in [3.63, 3.8) is 0 Å². The molecule has 2 unspecified atom stereocenters. The SMILES string of the molecule is CCC(OC1CCCCC1)C(=O)NCCC1CCNC1.Cl. The van der Waals surface area contributed by atoms with Gasteiger partial charge in [-0.05, 0) is 51.1 Å². The number of nitrogens with one attached hydrogen (secondary N) is 2. The van der Waals surface area contributed by atoms with Crippen molar-refractivity contribution < 1.29 is 9.53 Å². The zero-order valence-electron chi connectivity index (χ0n) is 13.2. The maximum Gasteiger partial charge on any atom is 0.249 e. The average Bonchev–Trinajstić information content (AvgIpc) is 2.99. The molecular weight excluding hydrogens is 288 g/mol. The van der Waals surface area contributed by atoms with Crippen LogP contribution in [0.25, 0.3) is 0 Å². The highest BCUT2D eigenvalue weighted by atomic mass is 35.5. The Morgan fingerprint density at radius 3 is 2.67 bits per heavy atom. The first-order valence-corrected chi connectivity index (χ1v) is 8.43. The maximum absolute atomic E-state index is 12.2. The minimum Gasteiger partial charge on any atom is -0.365 e. The molecule has 0 spiro atoms. The topological polar surface area (TPSA) is 50.4 Å². The van der Waals surface area contributed by atoms with Crippen LogP contribution in [-0.4, -0.2) is 37.7 Å². The van der Waals surface area contributed by atoms with E-state index in [1.165, 1.54) is 25.7 Å². The van der Waals surface area contributed by atoms with Crippen LogP contribution in [0.4, 0.5) is 0 Å². The third-order valence-corrected chi connectivity index (χ3v) is 4.59. The van der Waals surface area contributed by atoms with Crippen LogP contribution >= 0.6 is 12.4 Å². The molecule has 4 nitrogen and oxygen atoms in total. The summed E-state index contributed by atoms with van der Waals surface area (Å²) in [6, 6.07) is 0. The highest BCUT2D eigenvalue weighted by molar-refractivity contribution is 5.85. The average molecular weight is 319 g/mol. The first kappa shape index (κ1) is 18.7. The summed E-state index contributed by atoms with van der Waals surface area (Å²) in [5, 5.41) is 6.42. The number of ether oxygens (including phenoxy) is 1. The molecule has 1 aliphatic carbocycles. The molecule has 1 amide bonds. The van der Waals surface area contributed by atoms with Gasteiger partial charge in [-0.25, -0.2) is 0 Å². The Morgan fingerprint density at radius 2 is 2.05 bits per heavy atom. The minimum atomic E-state index is -0.250. The van der Waals surface area contributed by atoms with E-state index in [0.29, 0.717) is 6.10 Å². The maximum atomic E-state index is 12.2. The highest BCUT2D eigenvalue weighted by Gasteiger charge is 2.23. The summed E-state index contributed by atoms with van der Waals surface area (Å²) in [5.74, 6) is 0.818.